The molecule has 2 aliphatic heterocycles. The highest BCUT2D eigenvalue weighted by Gasteiger charge is 2.17. The van der Waals surface area contributed by atoms with E-state index in [0.717, 1.165) is 17.1 Å². The van der Waals surface area contributed by atoms with Crippen LogP contribution in [0.5, 0.6) is 23.0 Å². The van der Waals surface area contributed by atoms with Crippen LogP contribution in [-0.2, 0) is 11.3 Å². The summed E-state index contributed by atoms with van der Waals surface area (Å²) >= 11 is 0. The van der Waals surface area contributed by atoms with Gasteiger partial charge in [-0.25, -0.2) is 0 Å². The van der Waals surface area contributed by atoms with Gasteiger partial charge >= 0.3 is 0 Å². The van der Waals surface area contributed by atoms with Crippen molar-refractivity contribution in [2.75, 3.05) is 25.3 Å². The lowest BCUT2D eigenvalue weighted by Crippen LogP contribution is -2.37. The molecule has 1 amide bonds. The summed E-state index contributed by atoms with van der Waals surface area (Å²) in [7, 11) is 0. The maximum Gasteiger partial charge on any atom is 0.241 e. The van der Waals surface area contributed by atoms with Gasteiger partial charge in [0.15, 0.2) is 23.0 Å². The minimum atomic E-state index is -0.367. The van der Waals surface area contributed by atoms with E-state index in [-0.39, 0.29) is 18.7 Å². The second-order valence-electron chi connectivity index (χ2n) is 6.14. The molecule has 0 spiro atoms. The molecule has 1 atom stereocenters. The van der Waals surface area contributed by atoms with Gasteiger partial charge in [-0.3, -0.25) is 4.79 Å². The van der Waals surface area contributed by atoms with E-state index >= 15 is 0 Å². The Kier molecular flexibility index (Phi) is 4.53. The van der Waals surface area contributed by atoms with Crippen LogP contribution in [-0.4, -0.2) is 32.0 Å². The average Bonchev–Trinajstić information content (AvgIpc) is 3.13. The number of hydrogen-bond donors (Lipinski definition) is 2. The Morgan fingerprint density at radius 3 is 2.54 bits per heavy atom. The second kappa shape index (κ2) is 7.13. The molecular formula is C19H20N2O5. The van der Waals surface area contributed by atoms with E-state index in [1.807, 2.05) is 25.1 Å². The standard InChI is InChI=1S/C19H20N2O5/c1-12(20-10-13-2-4-16-17(8-13)26-11-25-16)19(22)21-14-3-5-15-18(9-14)24-7-6-23-15/h2-5,8-9,12,20H,6-7,10-11H2,1H3,(H,21,22)/t12-/m0/s1. The van der Waals surface area contributed by atoms with Crippen molar-refractivity contribution in [1.82, 2.24) is 5.32 Å². The number of rotatable bonds is 5. The van der Waals surface area contributed by atoms with E-state index in [1.54, 1.807) is 18.2 Å². The van der Waals surface area contributed by atoms with Gasteiger partial charge in [0.1, 0.15) is 13.2 Å². The van der Waals surface area contributed by atoms with Crippen LogP contribution in [0.25, 0.3) is 0 Å². The first-order valence-corrected chi connectivity index (χ1v) is 8.51. The molecule has 2 heterocycles. The van der Waals surface area contributed by atoms with Crippen LogP contribution in [0.15, 0.2) is 36.4 Å². The van der Waals surface area contributed by atoms with Gasteiger partial charge in [0, 0.05) is 18.3 Å². The second-order valence-corrected chi connectivity index (χ2v) is 6.14. The predicted octanol–water partition coefficient (Wildman–Crippen LogP) is 2.30. The Morgan fingerprint density at radius 2 is 1.65 bits per heavy atom. The van der Waals surface area contributed by atoms with Crippen LogP contribution in [0.1, 0.15) is 12.5 Å². The zero-order valence-corrected chi connectivity index (χ0v) is 14.4. The Balaban J connectivity index is 1.33. The van der Waals surface area contributed by atoms with E-state index < -0.39 is 0 Å². The van der Waals surface area contributed by atoms with Gasteiger partial charge in [0.2, 0.25) is 12.7 Å². The molecule has 2 aliphatic rings. The highest BCUT2D eigenvalue weighted by Crippen LogP contribution is 2.33. The fraction of sp³-hybridized carbons (Fsp3) is 0.316. The molecule has 136 valence electrons. The Hall–Kier alpha value is -2.93. The number of anilines is 1. The van der Waals surface area contributed by atoms with Crippen LogP contribution in [0.2, 0.25) is 0 Å². The monoisotopic (exact) mass is 356 g/mol. The summed E-state index contributed by atoms with van der Waals surface area (Å²) in [5, 5.41) is 6.10. The molecule has 2 N–H and O–H groups in total. The first-order chi connectivity index (χ1) is 12.7. The molecule has 0 aromatic heterocycles. The highest BCUT2D eigenvalue weighted by molar-refractivity contribution is 5.94. The van der Waals surface area contributed by atoms with Crippen molar-refractivity contribution in [2.24, 2.45) is 0 Å². The maximum atomic E-state index is 12.4. The van der Waals surface area contributed by atoms with Crippen molar-refractivity contribution in [3.05, 3.63) is 42.0 Å². The average molecular weight is 356 g/mol. The quantitative estimate of drug-likeness (QED) is 0.856. The third kappa shape index (κ3) is 3.52. The lowest BCUT2D eigenvalue weighted by Gasteiger charge is -2.19. The van der Waals surface area contributed by atoms with Gasteiger partial charge in [-0.2, -0.15) is 0 Å². The molecule has 7 heteroatoms. The van der Waals surface area contributed by atoms with Crippen LogP contribution in [0.4, 0.5) is 5.69 Å². The summed E-state index contributed by atoms with van der Waals surface area (Å²) in [4.78, 5) is 12.4. The molecule has 26 heavy (non-hydrogen) atoms. The SMILES string of the molecule is C[C@H](NCc1ccc2c(c1)OCO2)C(=O)Nc1ccc2c(c1)OCCO2. The predicted molar refractivity (Wildman–Crippen MR) is 94.9 cm³/mol. The minimum Gasteiger partial charge on any atom is -0.486 e. The summed E-state index contributed by atoms with van der Waals surface area (Å²) in [5.74, 6) is 2.71. The first-order valence-electron chi connectivity index (χ1n) is 8.51. The van der Waals surface area contributed by atoms with E-state index in [4.69, 9.17) is 18.9 Å². The molecule has 0 bridgehead atoms. The number of carbonyl (C=O) groups is 1. The van der Waals surface area contributed by atoms with Gasteiger partial charge in [0.05, 0.1) is 6.04 Å². The third-order valence-corrected chi connectivity index (χ3v) is 4.25. The fourth-order valence-corrected chi connectivity index (χ4v) is 2.79. The normalized spacial score (nSPS) is 15.4. The lowest BCUT2D eigenvalue weighted by molar-refractivity contribution is -0.117. The third-order valence-electron chi connectivity index (χ3n) is 4.25. The molecule has 0 radical (unpaired) electrons. The van der Waals surface area contributed by atoms with Gasteiger partial charge in [-0.05, 0) is 36.8 Å². The number of nitrogens with one attached hydrogen (secondary N) is 2. The van der Waals surface area contributed by atoms with Crippen LogP contribution < -0.4 is 29.6 Å². The largest absolute Gasteiger partial charge is 0.486 e. The summed E-state index contributed by atoms with van der Waals surface area (Å²) in [6.45, 7) is 3.67. The van der Waals surface area contributed by atoms with E-state index in [0.29, 0.717) is 36.9 Å². The molecule has 0 saturated carbocycles. The van der Waals surface area contributed by atoms with E-state index in [1.165, 1.54) is 0 Å². The number of hydrogen-bond acceptors (Lipinski definition) is 6. The molecule has 7 nitrogen and oxygen atoms in total. The molecule has 0 fully saturated rings. The molecule has 4 rings (SSSR count). The van der Waals surface area contributed by atoms with Gasteiger partial charge < -0.3 is 29.6 Å². The number of ether oxygens (including phenoxy) is 4. The number of amides is 1. The van der Waals surface area contributed by atoms with Crippen LogP contribution in [0.3, 0.4) is 0 Å². The summed E-state index contributed by atoms with van der Waals surface area (Å²) < 4.78 is 21.7. The molecule has 0 aliphatic carbocycles. The lowest BCUT2D eigenvalue weighted by atomic mass is 10.2. The van der Waals surface area contributed by atoms with Crippen molar-refractivity contribution in [3.8, 4) is 23.0 Å². The summed E-state index contributed by atoms with van der Waals surface area (Å²) in [5.41, 5.74) is 1.70. The van der Waals surface area contributed by atoms with Crippen LogP contribution in [0, 0.1) is 0 Å². The van der Waals surface area contributed by atoms with Crippen LogP contribution >= 0.6 is 0 Å². The first kappa shape index (κ1) is 16.5. The number of carbonyl (C=O) groups excluding carboxylic acids is 1. The summed E-state index contributed by atoms with van der Waals surface area (Å²) in [6.07, 6.45) is 0. The van der Waals surface area contributed by atoms with Gasteiger partial charge in [0.25, 0.3) is 0 Å². The molecule has 2 aromatic rings. The van der Waals surface area contributed by atoms with Crippen molar-refractivity contribution in [3.63, 3.8) is 0 Å². The minimum absolute atomic E-state index is 0.123. The smallest absolute Gasteiger partial charge is 0.241 e. The van der Waals surface area contributed by atoms with Crippen molar-refractivity contribution >= 4 is 11.6 Å². The number of fused-ring (bicyclic) bond motifs is 2. The maximum absolute atomic E-state index is 12.4. The van der Waals surface area contributed by atoms with E-state index in [9.17, 15) is 4.79 Å². The van der Waals surface area contributed by atoms with E-state index in [2.05, 4.69) is 10.6 Å². The van der Waals surface area contributed by atoms with Gasteiger partial charge in [-0.15, -0.1) is 0 Å². The van der Waals surface area contributed by atoms with Crippen molar-refractivity contribution in [2.45, 2.75) is 19.5 Å². The van der Waals surface area contributed by atoms with Crippen molar-refractivity contribution in [1.29, 1.82) is 0 Å². The molecule has 2 aromatic carbocycles. The fourth-order valence-electron chi connectivity index (χ4n) is 2.79. The molecule has 0 unspecified atom stereocenters. The topological polar surface area (TPSA) is 78.1 Å². The Bertz CT molecular complexity index is 824. The highest BCUT2D eigenvalue weighted by atomic mass is 16.7. The van der Waals surface area contributed by atoms with Gasteiger partial charge in [-0.1, -0.05) is 6.07 Å². The Morgan fingerprint density at radius 1 is 0.962 bits per heavy atom. The molecular weight excluding hydrogens is 336 g/mol. The zero-order valence-electron chi connectivity index (χ0n) is 14.4. The Labute approximate surface area is 151 Å². The zero-order chi connectivity index (χ0) is 17.9. The molecule has 0 saturated heterocycles. The number of benzene rings is 2. The summed E-state index contributed by atoms with van der Waals surface area (Å²) in [6, 6.07) is 10.8. The van der Waals surface area contributed by atoms with Crippen molar-refractivity contribution < 1.29 is 23.7 Å².